The van der Waals surface area contributed by atoms with Crippen molar-refractivity contribution in [2.24, 2.45) is 5.73 Å². The standard InChI is InChI=1S/C26H29ClF2N6O4/c1-16(36)35(33-14-18-3-2-4-22(29)25(18)27)21(7-8-24(37)31-10-9-30)15-39-26(38)34-23-12-19-11-20(28)6-5-17(19)13-32-23/h2-6,11-13,21,33H,7-10,14-15,30H2,1H3,(H,31,37)(H,32,34,38). The van der Waals surface area contributed by atoms with Crippen molar-refractivity contribution in [1.29, 1.82) is 0 Å². The molecule has 0 aliphatic carbocycles. The van der Waals surface area contributed by atoms with Crippen LogP contribution in [0.5, 0.6) is 0 Å². The SMILES string of the molecule is CC(=O)N(NCc1cccc(F)c1Cl)C(CCC(=O)NCCN)COC(=O)Nc1cc2cc(F)ccc2cn1. The summed E-state index contributed by atoms with van der Waals surface area (Å²) in [5, 5.41) is 7.45. The molecule has 1 unspecified atom stereocenters. The van der Waals surface area contributed by atoms with Crippen LogP contribution in [0.3, 0.4) is 0 Å². The lowest BCUT2D eigenvalue weighted by atomic mass is 10.1. The average molecular weight is 563 g/mol. The molecule has 3 rings (SSSR count). The van der Waals surface area contributed by atoms with Crippen molar-refractivity contribution in [1.82, 2.24) is 20.7 Å². The highest BCUT2D eigenvalue weighted by molar-refractivity contribution is 6.31. The molecule has 3 amide bonds. The fourth-order valence-corrected chi connectivity index (χ4v) is 3.92. The molecule has 0 spiro atoms. The van der Waals surface area contributed by atoms with Gasteiger partial charge in [0.05, 0.1) is 11.1 Å². The molecule has 0 fully saturated rings. The van der Waals surface area contributed by atoms with Gasteiger partial charge in [0.25, 0.3) is 0 Å². The summed E-state index contributed by atoms with van der Waals surface area (Å²) in [4.78, 5) is 41.3. The highest BCUT2D eigenvalue weighted by atomic mass is 35.5. The number of anilines is 1. The van der Waals surface area contributed by atoms with Crippen molar-refractivity contribution in [2.75, 3.05) is 25.0 Å². The van der Waals surface area contributed by atoms with Crippen molar-refractivity contribution >= 4 is 46.1 Å². The summed E-state index contributed by atoms with van der Waals surface area (Å²) in [5.74, 6) is -1.63. The second-order valence-electron chi connectivity index (χ2n) is 8.55. The van der Waals surface area contributed by atoms with Crippen LogP contribution in [-0.4, -0.2) is 53.6 Å². The van der Waals surface area contributed by atoms with Gasteiger partial charge < -0.3 is 15.8 Å². The van der Waals surface area contributed by atoms with Crippen LogP contribution in [0, 0.1) is 11.6 Å². The van der Waals surface area contributed by atoms with Crippen LogP contribution >= 0.6 is 11.6 Å². The van der Waals surface area contributed by atoms with Crippen LogP contribution in [0.1, 0.15) is 25.3 Å². The minimum Gasteiger partial charge on any atom is -0.447 e. The Hall–Kier alpha value is -3.87. The van der Waals surface area contributed by atoms with Gasteiger partial charge in [-0.05, 0) is 47.7 Å². The van der Waals surface area contributed by atoms with E-state index >= 15 is 0 Å². The summed E-state index contributed by atoms with van der Waals surface area (Å²) in [6.07, 6.45) is 0.749. The molecule has 0 radical (unpaired) electrons. The predicted octanol–water partition coefficient (Wildman–Crippen LogP) is 3.49. The first-order valence-corrected chi connectivity index (χ1v) is 12.5. The molecule has 13 heteroatoms. The third kappa shape index (κ3) is 8.84. The van der Waals surface area contributed by atoms with Gasteiger partial charge in [0.2, 0.25) is 11.8 Å². The van der Waals surface area contributed by atoms with E-state index in [0.717, 1.165) is 0 Å². The first kappa shape index (κ1) is 29.7. The summed E-state index contributed by atoms with van der Waals surface area (Å²) < 4.78 is 32.8. The van der Waals surface area contributed by atoms with Crippen molar-refractivity contribution in [3.8, 4) is 0 Å². The smallest absolute Gasteiger partial charge is 0.412 e. The minimum atomic E-state index is -0.868. The number of carbonyl (C=O) groups excluding carboxylic acids is 3. The molecule has 5 N–H and O–H groups in total. The van der Waals surface area contributed by atoms with Crippen LogP contribution < -0.4 is 21.8 Å². The number of aromatic nitrogens is 1. The van der Waals surface area contributed by atoms with Crippen molar-refractivity contribution < 1.29 is 27.9 Å². The molecule has 2 aromatic carbocycles. The summed E-state index contributed by atoms with van der Waals surface area (Å²) in [6, 6.07) is 9.18. The molecule has 3 aromatic rings. The summed E-state index contributed by atoms with van der Waals surface area (Å²) >= 11 is 6.03. The third-order valence-electron chi connectivity index (χ3n) is 5.67. The van der Waals surface area contributed by atoms with Gasteiger partial charge in [0.1, 0.15) is 24.1 Å². The first-order valence-electron chi connectivity index (χ1n) is 12.1. The van der Waals surface area contributed by atoms with E-state index in [-0.39, 0.29) is 55.8 Å². The van der Waals surface area contributed by atoms with Crippen LogP contribution in [-0.2, 0) is 20.9 Å². The quantitative estimate of drug-likeness (QED) is 0.248. The van der Waals surface area contributed by atoms with E-state index in [9.17, 15) is 23.2 Å². The summed E-state index contributed by atoms with van der Waals surface area (Å²) in [5.41, 5.74) is 8.71. The number of fused-ring (bicyclic) bond motifs is 1. The lowest BCUT2D eigenvalue weighted by molar-refractivity contribution is -0.137. The maximum atomic E-state index is 13.8. The maximum Gasteiger partial charge on any atom is 0.412 e. The van der Waals surface area contributed by atoms with Crippen molar-refractivity contribution in [2.45, 2.75) is 32.4 Å². The minimum absolute atomic E-state index is 0.00416. The largest absolute Gasteiger partial charge is 0.447 e. The third-order valence-corrected chi connectivity index (χ3v) is 6.09. The van der Waals surface area contributed by atoms with Gasteiger partial charge in [0, 0.05) is 44.6 Å². The number of benzene rings is 2. The number of halogens is 3. The van der Waals surface area contributed by atoms with E-state index in [1.165, 1.54) is 48.5 Å². The molecular formula is C26H29ClF2N6O4. The highest BCUT2D eigenvalue weighted by Crippen LogP contribution is 2.20. The number of hydrazine groups is 1. The Kier molecular flexibility index (Phi) is 10.9. The number of ether oxygens (including phenoxy) is 1. The zero-order chi connectivity index (χ0) is 28.4. The Morgan fingerprint density at radius 3 is 2.69 bits per heavy atom. The molecule has 1 heterocycles. The predicted molar refractivity (Wildman–Crippen MR) is 143 cm³/mol. The number of carbonyl (C=O) groups is 3. The molecule has 1 atom stereocenters. The Labute approximate surface area is 228 Å². The zero-order valence-electron chi connectivity index (χ0n) is 21.2. The number of nitrogens with one attached hydrogen (secondary N) is 3. The van der Waals surface area contributed by atoms with E-state index in [1.54, 1.807) is 12.1 Å². The first-order chi connectivity index (χ1) is 18.7. The second kappa shape index (κ2) is 14.3. The van der Waals surface area contributed by atoms with Gasteiger partial charge in [-0.1, -0.05) is 23.7 Å². The number of nitrogens with two attached hydrogens (primary N) is 1. The number of hydrogen-bond acceptors (Lipinski definition) is 7. The zero-order valence-corrected chi connectivity index (χ0v) is 21.9. The van der Waals surface area contributed by atoms with Crippen LogP contribution in [0.2, 0.25) is 5.02 Å². The number of hydrogen-bond donors (Lipinski definition) is 4. The Morgan fingerprint density at radius 2 is 1.95 bits per heavy atom. The number of rotatable bonds is 12. The molecule has 1 aromatic heterocycles. The highest BCUT2D eigenvalue weighted by Gasteiger charge is 2.24. The Bertz CT molecular complexity index is 1330. The van der Waals surface area contributed by atoms with Gasteiger partial charge in [0.15, 0.2) is 0 Å². The summed E-state index contributed by atoms with van der Waals surface area (Å²) in [6.45, 7) is 1.55. The topological polar surface area (TPSA) is 139 Å². The number of nitrogens with zero attached hydrogens (tertiary/aromatic N) is 2. The van der Waals surface area contributed by atoms with E-state index in [2.05, 4.69) is 21.0 Å². The van der Waals surface area contributed by atoms with E-state index in [4.69, 9.17) is 22.1 Å². The van der Waals surface area contributed by atoms with Crippen LogP contribution in [0.15, 0.2) is 48.7 Å². The van der Waals surface area contributed by atoms with E-state index in [1.807, 2.05) is 0 Å². The van der Waals surface area contributed by atoms with E-state index < -0.39 is 29.7 Å². The monoisotopic (exact) mass is 562 g/mol. The average Bonchev–Trinajstić information content (AvgIpc) is 2.90. The van der Waals surface area contributed by atoms with Crippen molar-refractivity contribution in [3.63, 3.8) is 0 Å². The maximum absolute atomic E-state index is 13.8. The fourth-order valence-electron chi connectivity index (χ4n) is 3.73. The van der Waals surface area contributed by atoms with Crippen molar-refractivity contribution in [3.05, 3.63) is 70.9 Å². The number of pyridine rings is 1. The molecule has 39 heavy (non-hydrogen) atoms. The van der Waals surface area contributed by atoms with Crippen LogP contribution in [0.25, 0.3) is 10.8 Å². The van der Waals surface area contributed by atoms with Gasteiger partial charge in [-0.25, -0.2) is 24.0 Å². The van der Waals surface area contributed by atoms with Crippen LogP contribution in [0.4, 0.5) is 19.4 Å². The Balaban J connectivity index is 1.69. The molecule has 0 aliphatic heterocycles. The lowest BCUT2D eigenvalue weighted by Gasteiger charge is -2.31. The molecule has 0 bridgehead atoms. The molecule has 0 aliphatic rings. The molecule has 0 saturated carbocycles. The van der Waals surface area contributed by atoms with Gasteiger partial charge in [-0.2, -0.15) is 0 Å². The number of amides is 3. The second-order valence-corrected chi connectivity index (χ2v) is 8.93. The molecule has 0 saturated heterocycles. The van der Waals surface area contributed by atoms with Gasteiger partial charge in [-0.3, -0.25) is 19.9 Å². The molecule has 208 valence electrons. The van der Waals surface area contributed by atoms with E-state index in [0.29, 0.717) is 16.3 Å². The normalized spacial score (nSPS) is 11.6. The molecule has 10 nitrogen and oxygen atoms in total. The van der Waals surface area contributed by atoms with Gasteiger partial charge in [-0.15, -0.1) is 0 Å². The summed E-state index contributed by atoms with van der Waals surface area (Å²) in [7, 11) is 0. The van der Waals surface area contributed by atoms with Gasteiger partial charge >= 0.3 is 6.09 Å². The Morgan fingerprint density at radius 1 is 1.15 bits per heavy atom. The fraction of sp³-hybridized carbons (Fsp3) is 0.308. The molecular weight excluding hydrogens is 534 g/mol. The lowest BCUT2D eigenvalue weighted by Crippen LogP contribution is -2.51.